The molecule has 3 amide bonds. The Morgan fingerprint density at radius 1 is 1.17 bits per heavy atom. The van der Waals surface area contributed by atoms with Crippen LogP contribution in [0.15, 0.2) is 30.4 Å². The Labute approximate surface area is 171 Å². The molecule has 2 N–H and O–H groups in total. The molecule has 0 radical (unpaired) electrons. The smallest absolute Gasteiger partial charge is 0.255 e. The van der Waals surface area contributed by atoms with Crippen molar-refractivity contribution in [1.29, 1.82) is 0 Å². The van der Waals surface area contributed by atoms with Gasteiger partial charge in [-0.2, -0.15) is 0 Å². The lowest BCUT2D eigenvalue weighted by Crippen LogP contribution is -2.52. The topological polar surface area (TPSA) is 78.5 Å². The number of piperidine rings is 1. The first-order valence-corrected chi connectivity index (χ1v) is 10.6. The van der Waals surface area contributed by atoms with Crippen LogP contribution in [0.2, 0.25) is 0 Å². The highest BCUT2D eigenvalue weighted by molar-refractivity contribution is 6.05. The molecule has 0 aromatic heterocycles. The van der Waals surface area contributed by atoms with Crippen LogP contribution in [0.4, 0.5) is 0 Å². The van der Waals surface area contributed by atoms with Crippen LogP contribution in [-0.2, 0) is 22.6 Å². The number of fused-ring (bicyclic) bond motifs is 1. The second-order valence-electron chi connectivity index (χ2n) is 8.73. The van der Waals surface area contributed by atoms with E-state index in [0.29, 0.717) is 36.5 Å². The summed E-state index contributed by atoms with van der Waals surface area (Å²) in [5.41, 5.74) is 2.90. The minimum Gasteiger partial charge on any atom is -0.322 e. The lowest BCUT2D eigenvalue weighted by Gasteiger charge is -2.31. The maximum Gasteiger partial charge on any atom is 0.255 e. The Balaban J connectivity index is 1.48. The quantitative estimate of drug-likeness (QED) is 0.592. The molecule has 154 valence electrons. The lowest BCUT2D eigenvalue weighted by atomic mass is 9.83. The van der Waals surface area contributed by atoms with Crippen molar-refractivity contribution < 1.29 is 14.4 Å². The van der Waals surface area contributed by atoms with Gasteiger partial charge in [0.2, 0.25) is 11.8 Å². The first-order valence-electron chi connectivity index (χ1n) is 10.6. The van der Waals surface area contributed by atoms with Crippen molar-refractivity contribution in [2.24, 2.45) is 5.92 Å². The molecule has 3 atom stereocenters. The predicted octanol–water partition coefficient (Wildman–Crippen LogP) is 2.32. The third-order valence-corrected chi connectivity index (χ3v) is 6.20. The molecule has 3 aliphatic rings. The molecule has 1 aromatic carbocycles. The number of allylic oxidation sites excluding steroid dienone is 1. The van der Waals surface area contributed by atoms with E-state index in [4.69, 9.17) is 0 Å². The average Bonchev–Trinajstić information content (AvgIpc) is 2.99. The van der Waals surface area contributed by atoms with Crippen molar-refractivity contribution >= 4 is 17.7 Å². The van der Waals surface area contributed by atoms with Crippen LogP contribution in [-0.4, -0.2) is 40.7 Å². The van der Waals surface area contributed by atoms with Gasteiger partial charge in [0.25, 0.3) is 5.91 Å². The first kappa shape index (κ1) is 19.8. The largest absolute Gasteiger partial charge is 0.322 e. The first-order chi connectivity index (χ1) is 13.9. The van der Waals surface area contributed by atoms with Gasteiger partial charge >= 0.3 is 0 Å². The molecular weight excluding hydrogens is 366 g/mol. The zero-order chi connectivity index (χ0) is 20.5. The predicted molar refractivity (Wildman–Crippen MR) is 110 cm³/mol. The van der Waals surface area contributed by atoms with E-state index in [1.807, 2.05) is 6.07 Å². The number of hydrogen-bond acceptors (Lipinski definition) is 4. The van der Waals surface area contributed by atoms with Crippen LogP contribution in [0.1, 0.15) is 61.0 Å². The zero-order valence-corrected chi connectivity index (χ0v) is 17.1. The van der Waals surface area contributed by atoms with E-state index in [1.54, 1.807) is 4.90 Å². The molecule has 0 spiro atoms. The van der Waals surface area contributed by atoms with Gasteiger partial charge in [-0.05, 0) is 48.8 Å². The molecule has 1 fully saturated rings. The van der Waals surface area contributed by atoms with Gasteiger partial charge in [-0.1, -0.05) is 38.1 Å². The van der Waals surface area contributed by atoms with Crippen LogP contribution in [0.3, 0.4) is 0 Å². The fourth-order valence-electron chi connectivity index (χ4n) is 4.79. The van der Waals surface area contributed by atoms with Crippen molar-refractivity contribution in [3.05, 3.63) is 47.0 Å². The average molecular weight is 396 g/mol. The second kappa shape index (κ2) is 8.11. The Morgan fingerprint density at radius 3 is 2.72 bits per heavy atom. The number of nitrogens with zero attached hydrogens (tertiary/aromatic N) is 1. The fraction of sp³-hybridized carbons (Fsp3) is 0.522. The molecule has 2 aliphatic heterocycles. The van der Waals surface area contributed by atoms with E-state index in [-0.39, 0.29) is 24.1 Å². The van der Waals surface area contributed by atoms with Gasteiger partial charge in [-0.25, -0.2) is 0 Å². The van der Waals surface area contributed by atoms with Crippen molar-refractivity contribution in [2.75, 3.05) is 0 Å². The van der Waals surface area contributed by atoms with E-state index in [2.05, 4.69) is 48.8 Å². The second-order valence-corrected chi connectivity index (χ2v) is 8.73. The minimum absolute atomic E-state index is 0.110. The summed E-state index contributed by atoms with van der Waals surface area (Å²) in [6.45, 7) is 4.80. The molecule has 1 aliphatic carbocycles. The summed E-state index contributed by atoms with van der Waals surface area (Å²) >= 11 is 0. The molecule has 2 heterocycles. The monoisotopic (exact) mass is 395 g/mol. The third kappa shape index (κ3) is 4.13. The number of imide groups is 1. The van der Waals surface area contributed by atoms with E-state index in [9.17, 15) is 14.4 Å². The van der Waals surface area contributed by atoms with Crippen LogP contribution in [0, 0.1) is 5.92 Å². The minimum atomic E-state index is -0.556. The summed E-state index contributed by atoms with van der Waals surface area (Å²) in [4.78, 5) is 38.1. The Bertz CT molecular complexity index is 861. The van der Waals surface area contributed by atoms with Crippen LogP contribution in [0.5, 0.6) is 0 Å². The van der Waals surface area contributed by atoms with Gasteiger partial charge in [0, 0.05) is 30.6 Å². The summed E-state index contributed by atoms with van der Waals surface area (Å²) in [5, 5.41) is 6.04. The number of nitrogens with one attached hydrogen (secondary N) is 2. The standard InChI is InChI=1S/C23H29N3O3/c1-14(2)24-19-6-4-3-5-16(19)11-15-7-8-18-17(12-15)13-26(23(18)29)20-9-10-21(27)25-22(20)28/h3-4,7-8,12,14,16,19-20,24H,5-6,9-11,13H2,1-2H3,(H,25,27,28)/t16-,19+,20?/m1/s1. The molecule has 6 heteroatoms. The normalized spacial score (nSPS) is 26.8. The molecule has 6 nitrogen and oxygen atoms in total. The number of carbonyl (C=O) groups excluding carboxylic acids is 3. The van der Waals surface area contributed by atoms with Crippen molar-refractivity contribution in [3.63, 3.8) is 0 Å². The van der Waals surface area contributed by atoms with Gasteiger partial charge in [0.15, 0.2) is 0 Å². The van der Waals surface area contributed by atoms with Gasteiger partial charge in [0.05, 0.1) is 0 Å². The summed E-state index contributed by atoms with van der Waals surface area (Å²) in [5.74, 6) is -0.201. The number of benzene rings is 1. The summed E-state index contributed by atoms with van der Waals surface area (Å²) in [6.07, 6.45) is 8.28. The van der Waals surface area contributed by atoms with E-state index < -0.39 is 6.04 Å². The zero-order valence-electron chi connectivity index (χ0n) is 17.1. The molecule has 0 saturated carbocycles. The molecule has 1 aromatic rings. The molecule has 29 heavy (non-hydrogen) atoms. The van der Waals surface area contributed by atoms with Crippen LogP contribution < -0.4 is 10.6 Å². The maximum atomic E-state index is 12.8. The highest BCUT2D eigenvalue weighted by Crippen LogP contribution is 2.30. The van der Waals surface area contributed by atoms with Gasteiger partial charge < -0.3 is 10.2 Å². The highest BCUT2D eigenvalue weighted by Gasteiger charge is 2.39. The highest BCUT2D eigenvalue weighted by atomic mass is 16.2. The number of amides is 3. The summed E-state index contributed by atoms with van der Waals surface area (Å²) in [7, 11) is 0. The van der Waals surface area contributed by atoms with Crippen LogP contribution >= 0.6 is 0 Å². The number of rotatable bonds is 5. The number of hydrogen-bond donors (Lipinski definition) is 2. The van der Waals surface area contributed by atoms with Crippen molar-refractivity contribution in [1.82, 2.24) is 15.5 Å². The van der Waals surface area contributed by atoms with Gasteiger partial charge in [-0.15, -0.1) is 0 Å². The van der Waals surface area contributed by atoms with Gasteiger partial charge in [-0.3, -0.25) is 19.7 Å². The van der Waals surface area contributed by atoms with E-state index in [1.165, 1.54) is 5.56 Å². The van der Waals surface area contributed by atoms with Crippen molar-refractivity contribution in [3.8, 4) is 0 Å². The fourth-order valence-corrected chi connectivity index (χ4v) is 4.79. The molecule has 4 rings (SSSR count). The molecule has 1 unspecified atom stereocenters. The molecular formula is C23H29N3O3. The maximum absolute atomic E-state index is 12.8. The Morgan fingerprint density at radius 2 is 1.97 bits per heavy atom. The van der Waals surface area contributed by atoms with Crippen LogP contribution in [0.25, 0.3) is 0 Å². The van der Waals surface area contributed by atoms with Crippen molar-refractivity contribution in [2.45, 2.75) is 70.6 Å². The SMILES string of the molecule is CC(C)N[C@H]1CC=CC[C@@H]1Cc1ccc2c(c1)CN(C1CCC(=O)NC1=O)C2=O. The molecule has 0 bridgehead atoms. The third-order valence-electron chi connectivity index (χ3n) is 6.20. The van der Waals surface area contributed by atoms with E-state index >= 15 is 0 Å². The summed E-state index contributed by atoms with van der Waals surface area (Å²) < 4.78 is 0. The lowest BCUT2D eigenvalue weighted by molar-refractivity contribution is -0.136. The Hall–Kier alpha value is -2.47. The Kier molecular flexibility index (Phi) is 5.54. The molecule has 1 saturated heterocycles. The summed E-state index contributed by atoms with van der Waals surface area (Å²) in [6, 6.07) is 6.45. The number of carbonyl (C=O) groups is 3. The van der Waals surface area contributed by atoms with Gasteiger partial charge in [0.1, 0.15) is 6.04 Å². The van der Waals surface area contributed by atoms with E-state index in [0.717, 1.165) is 24.8 Å².